The largest absolute Gasteiger partial charge is 0.496 e. The third-order valence-corrected chi connectivity index (χ3v) is 3.22. The molecule has 4 nitrogen and oxygen atoms in total. The molecule has 1 aromatic carbocycles. The van der Waals surface area contributed by atoms with Crippen molar-refractivity contribution in [2.24, 2.45) is 0 Å². The number of rotatable bonds is 5. The van der Waals surface area contributed by atoms with Gasteiger partial charge in [-0.15, -0.1) is 0 Å². The smallest absolute Gasteiger partial charge is 0.167 e. The monoisotopic (exact) mass is 290 g/mol. The van der Waals surface area contributed by atoms with Crippen LogP contribution < -0.4 is 15.4 Å². The number of para-hydroxylation sites is 1. The summed E-state index contributed by atoms with van der Waals surface area (Å²) in [5.74, 6) is 1.69. The lowest BCUT2D eigenvalue weighted by Gasteiger charge is -2.19. The van der Waals surface area contributed by atoms with E-state index in [-0.39, 0.29) is 6.04 Å². The van der Waals surface area contributed by atoms with Crippen LogP contribution in [0.4, 0.5) is 0 Å². The first-order chi connectivity index (χ1) is 9.70. The topological polar surface area (TPSA) is 46.4 Å². The van der Waals surface area contributed by atoms with Crippen LogP contribution in [0.2, 0.25) is 0 Å². The van der Waals surface area contributed by atoms with Gasteiger partial charge in [-0.25, -0.2) is 0 Å². The van der Waals surface area contributed by atoms with E-state index in [2.05, 4.69) is 10.6 Å². The summed E-state index contributed by atoms with van der Waals surface area (Å²) in [4.78, 5) is 0. The van der Waals surface area contributed by atoms with Gasteiger partial charge in [-0.05, 0) is 37.3 Å². The van der Waals surface area contributed by atoms with Gasteiger partial charge in [-0.1, -0.05) is 18.2 Å². The highest BCUT2D eigenvalue weighted by atomic mass is 32.1. The molecule has 0 spiro atoms. The highest BCUT2D eigenvalue weighted by Crippen LogP contribution is 2.24. The summed E-state index contributed by atoms with van der Waals surface area (Å²) in [5.41, 5.74) is 1.07. The Bertz CT molecular complexity index is 555. The first-order valence-electron chi connectivity index (χ1n) is 6.40. The van der Waals surface area contributed by atoms with Crippen LogP contribution in [0.15, 0.2) is 47.1 Å². The van der Waals surface area contributed by atoms with E-state index >= 15 is 0 Å². The van der Waals surface area contributed by atoms with E-state index in [9.17, 15) is 0 Å². The zero-order valence-corrected chi connectivity index (χ0v) is 12.4. The van der Waals surface area contributed by atoms with E-state index < -0.39 is 0 Å². The fourth-order valence-electron chi connectivity index (χ4n) is 1.93. The molecule has 106 valence electrons. The van der Waals surface area contributed by atoms with Crippen molar-refractivity contribution < 1.29 is 9.15 Å². The number of furan rings is 1. The third-order valence-electron chi connectivity index (χ3n) is 2.96. The molecule has 0 radical (unpaired) electrons. The van der Waals surface area contributed by atoms with Crippen molar-refractivity contribution >= 4 is 17.3 Å². The number of methoxy groups -OCH3 is 1. The molecule has 2 aromatic rings. The molecule has 1 aromatic heterocycles. The summed E-state index contributed by atoms with van der Waals surface area (Å²) >= 11 is 5.28. The maximum Gasteiger partial charge on any atom is 0.167 e. The van der Waals surface area contributed by atoms with Crippen molar-refractivity contribution in [3.8, 4) is 5.75 Å². The van der Waals surface area contributed by atoms with Crippen LogP contribution in [-0.2, 0) is 6.54 Å². The number of thiocarbonyl (C=S) groups is 1. The fourth-order valence-corrected chi connectivity index (χ4v) is 2.18. The average molecular weight is 290 g/mol. The van der Waals surface area contributed by atoms with Crippen molar-refractivity contribution in [1.82, 2.24) is 10.6 Å². The van der Waals surface area contributed by atoms with Gasteiger partial charge in [0.1, 0.15) is 11.5 Å². The molecule has 0 saturated carbocycles. The van der Waals surface area contributed by atoms with Gasteiger partial charge in [0.2, 0.25) is 0 Å². The van der Waals surface area contributed by atoms with Gasteiger partial charge in [0, 0.05) is 5.56 Å². The van der Waals surface area contributed by atoms with E-state index in [1.54, 1.807) is 13.4 Å². The van der Waals surface area contributed by atoms with Crippen molar-refractivity contribution in [3.63, 3.8) is 0 Å². The number of hydrogen-bond donors (Lipinski definition) is 2. The lowest BCUT2D eigenvalue weighted by molar-refractivity contribution is 0.405. The van der Waals surface area contributed by atoms with Crippen LogP contribution in [0.1, 0.15) is 24.3 Å². The van der Waals surface area contributed by atoms with E-state index in [1.807, 2.05) is 43.3 Å². The molecule has 0 aliphatic heterocycles. The Balaban J connectivity index is 1.90. The summed E-state index contributed by atoms with van der Waals surface area (Å²) < 4.78 is 10.6. The van der Waals surface area contributed by atoms with E-state index in [4.69, 9.17) is 21.4 Å². The molecule has 1 atom stereocenters. The lowest BCUT2D eigenvalue weighted by atomic mass is 10.1. The first kappa shape index (κ1) is 14.4. The molecule has 0 bridgehead atoms. The lowest BCUT2D eigenvalue weighted by Crippen LogP contribution is -2.36. The Morgan fingerprint density at radius 1 is 1.30 bits per heavy atom. The van der Waals surface area contributed by atoms with Crippen LogP contribution in [-0.4, -0.2) is 12.2 Å². The molecule has 2 rings (SSSR count). The van der Waals surface area contributed by atoms with Gasteiger partial charge in [0.15, 0.2) is 5.11 Å². The second-order valence-electron chi connectivity index (χ2n) is 4.37. The summed E-state index contributed by atoms with van der Waals surface area (Å²) in [6.07, 6.45) is 1.64. The number of nitrogens with one attached hydrogen (secondary N) is 2. The Morgan fingerprint density at radius 3 is 2.80 bits per heavy atom. The van der Waals surface area contributed by atoms with Gasteiger partial charge in [-0.2, -0.15) is 0 Å². The standard InChI is InChI=1S/C15H18N2O2S/c1-11(13-7-3-4-8-14(13)18-2)17-15(20)16-10-12-6-5-9-19-12/h3-9,11H,10H2,1-2H3,(H2,16,17,20)/t11-/m0/s1. The minimum Gasteiger partial charge on any atom is -0.496 e. The van der Waals surface area contributed by atoms with E-state index in [0.717, 1.165) is 17.1 Å². The molecule has 20 heavy (non-hydrogen) atoms. The summed E-state index contributed by atoms with van der Waals surface area (Å²) in [6.45, 7) is 2.61. The molecule has 0 aliphatic carbocycles. The second-order valence-corrected chi connectivity index (χ2v) is 4.78. The molecule has 5 heteroatoms. The molecular weight excluding hydrogens is 272 g/mol. The molecule has 2 N–H and O–H groups in total. The first-order valence-corrected chi connectivity index (χ1v) is 6.81. The Kier molecular flexibility index (Phi) is 5.01. The van der Waals surface area contributed by atoms with Crippen molar-refractivity contribution in [3.05, 3.63) is 54.0 Å². The maximum absolute atomic E-state index is 5.35. The molecular formula is C15H18N2O2S. The predicted molar refractivity (Wildman–Crippen MR) is 82.7 cm³/mol. The van der Waals surface area contributed by atoms with E-state index in [1.165, 1.54) is 0 Å². The molecule has 0 aliphatic rings. The summed E-state index contributed by atoms with van der Waals surface area (Å²) in [6, 6.07) is 11.7. The molecule has 0 unspecified atom stereocenters. The van der Waals surface area contributed by atoms with Gasteiger partial charge < -0.3 is 19.8 Å². The van der Waals surface area contributed by atoms with Crippen LogP contribution in [0, 0.1) is 0 Å². The van der Waals surface area contributed by atoms with Gasteiger partial charge >= 0.3 is 0 Å². The predicted octanol–water partition coefficient (Wildman–Crippen LogP) is 3.01. The van der Waals surface area contributed by atoms with Gasteiger partial charge in [0.25, 0.3) is 0 Å². The average Bonchev–Trinajstić information content (AvgIpc) is 2.98. The Labute approximate surface area is 124 Å². The minimum atomic E-state index is 0.0581. The SMILES string of the molecule is COc1ccccc1[C@H](C)NC(=S)NCc1ccco1. The molecule has 0 fully saturated rings. The summed E-state index contributed by atoms with van der Waals surface area (Å²) in [7, 11) is 1.67. The quantitative estimate of drug-likeness (QED) is 0.829. The zero-order valence-electron chi connectivity index (χ0n) is 11.6. The second kappa shape index (κ2) is 6.96. The highest BCUT2D eigenvalue weighted by Gasteiger charge is 2.11. The van der Waals surface area contributed by atoms with Gasteiger partial charge in [-0.3, -0.25) is 0 Å². The normalized spacial score (nSPS) is 11.7. The van der Waals surface area contributed by atoms with Gasteiger partial charge in [0.05, 0.1) is 26.0 Å². The maximum atomic E-state index is 5.35. The third kappa shape index (κ3) is 3.74. The fraction of sp³-hybridized carbons (Fsp3) is 0.267. The van der Waals surface area contributed by atoms with Crippen LogP contribution in [0.3, 0.4) is 0 Å². The van der Waals surface area contributed by atoms with Crippen LogP contribution in [0.25, 0.3) is 0 Å². The molecule has 1 heterocycles. The highest BCUT2D eigenvalue weighted by molar-refractivity contribution is 7.80. The number of ether oxygens (including phenoxy) is 1. The van der Waals surface area contributed by atoms with Crippen LogP contribution >= 0.6 is 12.2 Å². The summed E-state index contributed by atoms with van der Waals surface area (Å²) in [5, 5.41) is 6.92. The number of benzene rings is 1. The number of hydrogen-bond acceptors (Lipinski definition) is 3. The Morgan fingerprint density at radius 2 is 2.10 bits per heavy atom. The minimum absolute atomic E-state index is 0.0581. The van der Waals surface area contributed by atoms with Crippen molar-refractivity contribution in [2.75, 3.05) is 7.11 Å². The molecule has 0 saturated heterocycles. The van der Waals surface area contributed by atoms with Crippen molar-refractivity contribution in [1.29, 1.82) is 0 Å². The molecule has 0 amide bonds. The van der Waals surface area contributed by atoms with E-state index in [0.29, 0.717) is 11.7 Å². The van der Waals surface area contributed by atoms with Crippen LogP contribution in [0.5, 0.6) is 5.75 Å². The van der Waals surface area contributed by atoms with Crippen molar-refractivity contribution in [2.45, 2.75) is 19.5 Å². The Hall–Kier alpha value is -2.01. The zero-order chi connectivity index (χ0) is 14.4.